The van der Waals surface area contributed by atoms with Crippen LogP contribution in [-0.2, 0) is 19.6 Å². The highest BCUT2D eigenvalue weighted by atomic mass is 16.3. The summed E-state index contributed by atoms with van der Waals surface area (Å²) in [5, 5.41) is 9.43. The fourth-order valence-electron chi connectivity index (χ4n) is 2.29. The summed E-state index contributed by atoms with van der Waals surface area (Å²) < 4.78 is 2.19. The molecule has 1 aromatic carbocycles. The Kier molecular flexibility index (Phi) is 2.57. The molecule has 2 aromatic rings. The van der Waals surface area contributed by atoms with Crippen LogP contribution in [0.4, 0.5) is 0 Å². The minimum absolute atomic E-state index is 0.338. The van der Waals surface area contributed by atoms with E-state index in [1.54, 1.807) is 6.07 Å². The molecule has 2 heterocycles. The average molecular weight is 229 g/mol. The molecule has 0 fully saturated rings. The van der Waals surface area contributed by atoms with Gasteiger partial charge in [-0.15, -0.1) is 0 Å². The van der Waals surface area contributed by atoms with Gasteiger partial charge in [0.2, 0.25) is 0 Å². The highest BCUT2D eigenvalue weighted by Gasteiger charge is 2.15. The van der Waals surface area contributed by atoms with Crippen LogP contribution in [0, 0.1) is 0 Å². The molecule has 17 heavy (non-hydrogen) atoms. The van der Waals surface area contributed by atoms with Crippen molar-refractivity contribution in [2.24, 2.45) is 0 Å². The standard InChI is InChI=1S/C13H15N3O/c17-13-3-1-2-11(6-13)8-15-4-5-16-10-14-7-12(16)9-15/h1-3,6-7,10,17H,4-5,8-9H2. The van der Waals surface area contributed by atoms with Crippen molar-refractivity contribution in [1.82, 2.24) is 14.5 Å². The summed E-state index contributed by atoms with van der Waals surface area (Å²) in [7, 11) is 0. The molecule has 0 aliphatic carbocycles. The minimum Gasteiger partial charge on any atom is -0.508 e. The molecule has 0 spiro atoms. The first-order valence-electron chi connectivity index (χ1n) is 5.80. The second kappa shape index (κ2) is 4.22. The van der Waals surface area contributed by atoms with Crippen LogP contribution in [0.1, 0.15) is 11.3 Å². The first-order valence-corrected chi connectivity index (χ1v) is 5.80. The molecule has 1 aliphatic rings. The number of fused-ring (bicyclic) bond motifs is 1. The number of imidazole rings is 1. The van der Waals surface area contributed by atoms with Crippen LogP contribution in [0.3, 0.4) is 0 Å². The molecular formula is C13H15N3O. The number of aromatic hydroxyl groups is 1. The van der Waals surface area contributed by atoms with E-state index in [2.05, 4.69) is 14.5 Å². The quantitative estimate of drug-likeness (QED) is 0.850. The van der Waals surface area contributed by atoms with Crippen LogP contribution in [0.25, 0.3) is 0 Å². The van der Waals surface area contributed by atoms with Crippen LogP contribution in [0.2, 0.25) is 0 Å². The van der Waals surface area contributed by atoms with E-state index in [4.69, 9.17) is 0 Å². The second-order valence-corrected chi connectivity index (χ2v) is 4.46. The number of benzene rings is 1. The van der Waals surface area contributed by atoms with Gasteiger partial charge in [0, 0.05) is 32.4 Å². The van der Waals surface area contributed by atoms with Gasteiger partial charge in [-0.2, -0.15) is 0 Å². The average Bonchev–Trinajstić information content (AvgIpc) is 2.76. The predicted molar refractivity (Wildman–Crippen MR) is 64.4 cm³/mol. The van der Waals surface area contributed by atoms with E-state index >= 15 is 0 Å². The highest BCUT2D eigenvalue weighted by molar-refractivity contribution is 5.27. The predicted octanol–water partition coefficient (Wildman–Crippen LogP) is 1.60. The first kappa shape index (κ1) is 10.4. The lowest BCUT2D eigenvalue weighted by molar-refractivity contribution is 0.213. The fourth-order valence-corrected chi connectivity index (χ4v) is 2.29. The molecule has 0 radical (unpaired) electrons. The van der Waals surface area contributed by atoms with Crippen LogP contribution in [0.5, 0.6) is 5.75 Å². The number of aromatic nitrogens is 2. The molecule has 3 rings (SSSR count). The Morgan fingerprint density at radius 3 is 3.12 bits per heavy atom. The third kappa shape index (κ3) is 2.17. The molecule has 4 heteroatoms. The maximum absolute atomic E-state index is 9.43. The molecule has 0 saturated heterocycles. The molecule has 0 bridgehead atoms. The zero-order chi connectivity index (χ0) is 11.7. The van der Waals surface area contributed by atoms with Crippen molar-refractivity contribution in [1.29, 1.82) is 0 Å². The topological polar surface area (TPSA) is 41.3 Å². The van der Waals surface area contributed by atoms with E-state index in [0.717, 1.165) is 31.7 Å². The van der Waals surface area contributed by atoms with Gasteiger partial charge in [-0.05, 0) is 17.7 Å². The van der Waals surface area contributed by atoms with Gasteiger partial charge in [-0.1, -0.05) is 12.1 Å². The Hall–Kier alpha value is -1.81. The third-order valence-corrected chi connectivity index (χ3v) is 3.16. The van der Waals surface area contributed by atoms with E-state index < -0.39 is 0 Å². The fraction of sp³-hybridized carbons (Fsp3) is 0.308. The van der Waals surface area contributed by atoms with Gasteiger partial charge < -0.3 is 9.67 Å². The summed E-state index contributed by atoms with van der Waals surface area (Å²) in [6.07, 6.45) is 3.82. The van der Waals surface area contributed by atoms with E-state index in [1.807, 2.05) is 30.7 Å². The van der Waals surface area contributed by atoms with E-state index in [-0.39, 0.29) is 0 Å². The third-order valence-electron chi connectivity index (χ3n) is 3.16. The summed E-state index contributed by atoms with van der Waals surface area (Å²) in [4.78, 5) is 6.52. The molecule has 1 aromatic heterocycles. The van der Waals surface area contributed by atoms with Gasteiger partial charge in [0.25, 0.3) is 0 Å². The first-order chi connectivity index (χ1) is 8.31. The molecule has 88 valence electrons. The van der Waals surface area contributed by atoms with Gasteiger partial charge in [0.1, 0.15) is 5.75 Å². The highest BCUT2D eigenvalue weighted by Crippen LogP contribution is 2.17. The van der Waals surface area contributed by atoms with Crippen LogP contribution >= 0.6 is 0 Å². The normalized spacial score (nSPS) is 15.8. The van der Waals surface area contributed by atoms with Crippen molar-refractivity contribution in [3.05, 3.63) is 48.0 Å². The zero-order valence-corrected chi connectivity index (χ0v) is 9.58. The van der Waals surface area contributed by atoms with Crippen molar-refractivity contribution in [2.75, 3.05) is 6.54 Å². The van der Waals surface area contributed by atoms with Gasteiger partial charge in [-0.3, -0.25) is 4.90 Å². The number of hydrogen-bond acceptors (Lipinski definition) is 3. The monoisotopic (exact) mass is 229 g/mol. The Morgan fingerprint density at radius 1 is 1.29 bits per heavy atom. The molecule has 1 aliphatic heterocycles. The van der Waals surface area contributed by atoms with Crippen LogP contribution in [0.15, 0.2) is 36.8 Å². The lowest BCUT2D eigenvalue weighted by Gasteiger charge is -2.27. The zero-order valence-electron chi connectivity index (χ0n) is 9.58. The lowest BCUT2D eigenvalue weighted by atomic mass is 10.2. The van der Waals surface area contributed by atoms with Crippen molar-refractivity contribution in [3.8, 4) is 5.75 Å². The largest absolute Gasteiger partial charge is 0.508 e. The van der Waals surface area contributed by atoms with E-state index in [1.165, 1.54) is 5.69 Å². The van der Waals surface area contributed by atoms with Crippen LogP contribution in [-0.4, -0.2) is 26.1 Å². The van der Waals surface area contributed by atoms with Crippen molar-refractivity contribution in [2.45, 2.75) is 19.6 Å². The molecule has 1 N–H and O–H groups in total. The van der Waals surface area contributed by atoms with Crippen molar-refractivity contribution in [3.63, 3.8) is 0 Å². The Morgan fingerprint density at radius 2 is 2.24 bits per heavy atom. The summed E-state index contributed by atoms with van der Waals surface area (Å²) >= 11 is 0. The van der Waals surface area contributed by atoms with Gasteiger partial charge in [-0.25, -0.2) is 4.98 Å². The van der Waals surface area contributed by atoms with Gasteiger partial charge in [0.15, 0.2) is 0 Å². The molecule has 0 unspecified atom stereocenters. The van der Waals surface area contributed by atoms with Crippen molar-refractivity contribution < 1.29 is 5.11 Å². The van der Waals surface area contributed by atoms with E-state index in [0.29, 0.717) is 5.75 Å². The number of nitrogens with zero attached hydrogens (tertiary/aromatic N) is 3. The molecule has 0 saturated carbocycles. The number of rotatable bonds is 2. The smallest absolute Gasteiger partial charge is 0.115 e. The summed E-state index contributed by atoms with van der Waals surface area (Å²) in [6, 6.07) is 7.46. The summed E-state index contributed by atoms with van der Waals surface area (Å²) in [6.45, 7) is 3.82. The Bertz CT molecular complexity index is 521. The molecular weight excluding hydrogens is 214 g/mol. The Labute approximate surface area is 100 Å². The molecule has 0 atom stereocenters. The minimum atomic E-state index is 0.338. The summed E-state index contributed by atoms with van der Waals surface area (Å²) in [5.41, 5.74) is 2.41. The molecule has 0 amide bonds. The van der Waals surface area contributed by atoms with Crippen LogP contribution < -0.4 is 0 Å². The van der Waals surface area contributed by atoms with Crippen molar-refractivity contribution >= 4 is 0 Å². The number of phenols is 1. The lowest BCUT2D eigenvalue weighted by Crippen LogP contribution is -2.32. The van der Waals surface area contributed by atoms with Gasteiger partial charge >= 0.3 is 0 Å². The Balaban J connectivity index is 1.72. The van der Waals surface area contributed by atoms with E-state index in [9.17, 15) is 5.11 Å². The van der Waals surface area contributed by atoms with Gasteiger partial charge in [0.05, 0.1) is 12.0 Å². The number of hydrogen-bond donors (Lipinski definition) is 1. The number of phenolic OH excluding ortho intramolecular Hbond substituents is 1. The molecule has 4 nitrogen and oxygen atoms in total. The second-order valence-electron chi connectivity index (χ2n) is 4.46. The summed E-state index contributed by atoms with van der Waals surface area (Å²) in [5.74, 6) is 0.338. The maximum Gasteiger partial charge on any atom is 0.115 e. The maximum atomic E-state index is 9.43. The SMILES string of the molecule is Oc1cccc(CN2CCn3cncc3C2)c1.